The Morgan fingerprint density at radius 2 is 2.15 bits per heavy atom. The first-order valence-corrected chi connectivity index (χ1v) is 6.63. The smallest absolute Gasteiger partial charge is 0.344 e. The lowest BCUT2D eigenvalue weighted by molar-refractivity contribution is -0.138. The third-order valence-corrected chi connectivity index (χ3v) is 3.91. The zero-order chi connectivity index (χ0) is 14.8. The minimum Gasteiger partial charge on any atom is -0.480 e. The molecule has 0 aliphatic rings. The van der Waals surface area contributed by atoms with Crippen molar-refractivity contribution >= 4 is 17.7 Å². The summed E-state index contributed by atoms with van der Waals surface area (Å²) in [6, 6.07) is 1.75. The fraction of sp³-hybridized carbons (Fsp3) is 0.231. The number of aliphatic carboxylic acids is 1. The number of rotatable bonds is 4. The Kier molecular flexibility index (Phi) is 3.89. The van der Waals surface area contributed by atoms with Gasteiger partial charge < -0.3 is 10.1 Å². The number of hydrogen-bond acceptors (Lipinski definition) is 5. The summed E-state index contributed by atoms with van der Waals surface area (Å²) in [6.45, 7) is 3.27. The van der Waals surface area contributed by atoms with Gasteiger partial charge in [0.1, 0.15) is 4.75 Å². The molecule has 0 spiro atoms. The number of H-pyrrole nitrogens is 1. The van der Waals surface area contributed by atoms with Gasteiger partial charge in [-0.15, -0.1) is 11.8 Å². The molecule has 0 amide bonds. The summed E-state index contributed by atoms with van der Waals surface area (Å²) in [5.41, 5.74) is 0.981. The molecule has 2 aromatic rings. The van der Waals surface area contributed by atoms with Crippen molar-refractivity contribution < 1.29 is 9.90 Å². The van der Waals surface area contributed by atoms with Crippen LogP contribution in [0.15, 0.2) is 40.5 Å². The van der Waals surface area contributed by atoms with Crippen molar-refractivity contribution in [1.29, 1.82) is 0 Å². The molecule has 2 aromatic heterocycles. The number of hydrogen-bond donors (Lipinski definition) is 2. The highest BCUT2D eigenvalue weighted by molar-refractivity contribution is 8.01. The van der Waals surface area contributed by atoms with Crippen molar-refractivity contribution in [1.82, 2.24) is 15.0 Å². The van der Waals surface area contributed by atoms with Gasteiger partial charge in [0.2, 0.25) is 0 Å². The van der Waals surface area contributed by atoms with E-state index < -0.39 is 16.4 Å². The molecule has 104 valence electrons. The monoisotopic (exact) mass is 291 g/mol. The average Bonchev–Trinajstić information content (AvgIpc) is 2.40. The first-order valence-electron chi connectivity index (χ1n) is 5.82. The first-order chi connectivity index (χ1) is 9.40. The third-order valence-electron chi connectivity index (χ3n) is 2.64. The van der Waals surface area contributed by atoms with E-state index in [1.54, 1.807) is 32.3 Å². The SMILES string of the molecule is CC(C)(Sc1ccncc1-c1cnc(=O)[nH]c1)C(=O)O. The lowest BCUT2D eigenvalue weighted by Crippen LogP contribution is -2.27. The van der Waals surface area contributed by atoms with Crippen LogP contribution in [0.2, 0.25) is 0 Å². The molecule has 0 aliphatic carbocycles. The van der Waals surface area contributed by atoms with Crippen LogP contribution in [0.5, 0.6) is 0 Å². The molecule has 0 aromatic carbocycles. The van der Waals surface area contributed by atoms with Crippen LogP contribution in [0, 0.1) is 0 Å². The van der Waals surface area contributed by atoms with E-state index in [4.69, 9.17) is 0 Å². The predicted octanol–water partition coefficient (Wildman–Crippen LogP) is 1.79. The van der Waals surface area contributed by atoms with E-state index >= 15 is 0 Å². The van der Waals surface area contributed by atoms with E-state index in [1.807, 2.05) is 0 Å². The summed E-state index contributed by atoms with van der Waals surface area (Å²) in [6.07, 6.45) is 6.19. The molecular weight excluding hydrogens is 278 g/mol. The molecule has 0 saturated heterocycles. The van der Waals surface area contributed by atoms with Crippen LogP contribution < -0.4 is 5.69 Å². The van der Waals surface area contributed by atoms with E-state index in [9.17, 15) is 14.7 Å². The maximum Gasteiger partial charge on any atom is 0.344 e. The number of carboxylic acids is 1. The lowest BCUT2D eigenvalue weighted by atomic mass is 10.1. The highest BCUT2D eigenvalue weighted by Gasteiger charge is 2.29. The molecule has 20 heavy (non-hydrogen) atoms. The fourth-order valence-corrected chi connectivity index (χ4v) is 2.54. The number of aromatic amines is 1. The molecule has 6 nitrogen and oxygen atoms in total. The number of nitrogens with one attached hydrogen (secondary N) is 1. The van der Waals surface area contributed by atoms with Crippen molar-refractivity contribution in [3.63, 3.8) is 0 Å². The van der Waals surface area contributed by atoms with Gasteiger partial charge in [0.05, 0.1) is 0 Å². The second-order valence-corrected chi connectivity index (χ2v) is 6.26. The molecule has 0 saturated carbocycles. The van der Waals surface area contributed by atoms with Gasteiger partial charge in [-0.25, -0.2) is 9.78 Å². The minimum absolute atomic E-state index is 0.433. The zero-order valence-corrected chi connectivity index (χ0v) is 11.8. The van der Waals surface area contributed by atoms with E-state index in [0.717, 1.165) is 10.5 Å². The van der Waals surface area contributed by atoms with E-state index in [1.165, 1.54) is 24.2 Å². The first kappa shape index (κ1) is 14.3. The average molecular weight is 291 g/mol. The summed E-state index contributed by atoms with van der Waals surface area (Å²) in [4.78, 5) is 33.2. The van der Waals surface area contributed by atoms with Crippen LogP contribution in [0.3, 0.4) is 0 Å². The van der Waals surface area contributed by atoms with Crippen LogP contribution in [-0.2, 0) is 4.79 Å². The van der Waals surface area contributed by atoms with Gasteiger partial charge in [-0.3, -0.25) is 9.78 Å². The normalized spacial score (nSPS) is 11.3. The van der Waals surface area contributed by atoms with Gasteiger partial charge in [0, 0.05) is 40.8 Å². The predicted molar refractivity (Wildman–Crippen MR) is 75.7 cm³/mol. The number of aromatic nitrogens is 3. The van der Waals surface area contributed by atoms with Crippen LogP contribution >= 0.6 is 11.8 Å². The van der Waals surface area contributed by atoms with Gasteiger partial charge in [0.15, 0.2) is 0 Å². The van der Waals surface area contributed by atoms with Crippen molar-refractivity contribution in [3.8, 4) is 11.1 Å². The number of pyridine rings is 1. The molecule has 0 bridgehead atoms. The van der Waals surface area contributed by atoms with E-state index in [-0.39, 0.29) is 0 Å². The number of thioether (sulfide) groups is 1. The molecule has 0 aliphatic heterocycles. The van der Waals surface area contributed by atoms with Gasteiger partial charge in [0.25, 0.3) is 0 Å². The number of carbonyl (C=O) groups is 1. The fourth-order valence-electron chi connectivity index (χ4n) is 1.50. The summed E-state index contributed by atoms with van der Waals surface area (Å²) in [5.74, 6) is -0.898. The molecule has 0 fully saturated rings. The Bertz CT molecular complexity index is 677. The van der Waals surface area contributed by atoms with Crippen LogP contribution in [0.4, 0.5) is 0 Å². The molecule has 2 heterocycles. The molecule has 0 atom stereocenters. The standard InChI is InChI=1S/C13H13N3O3S/c1-13(2,11(17)18)20-10-3-4-14-7-9(10)8-5-15-12(19)16-6-8/h3-7H,1-2H3,(H,17,18)(H,15,16,19). The molecule has 7 heteroatoms. The second-order valence-electron chi connectivity index (χ2n) is 4.60. The highest BCUT2D eigenvalue weighted by Crippen LogP contribution is 2.37. The Morgan fingerprint density at radius 3 is 2.75 bits per heavy atom. The maximum absolute atomic E-state index is 11.2. The van der Waals surface area contributed by atoms with E-state index in [2.05, 4.69) is 15.0 Å². The number of carboxylic acid groups (broad SMARTS) is 1. The van der Waals surface area contributed by atoms with Gasteiger partial charge in [-0.2, -0.15) is 0 Å². The van der Waals surface area contributed by atoms with Crippen molar-refractivity contribution in [2.75, 3.05) is 0 Å². The van der Waals surface area contributed by atoms with Crippen LogP contribution in [0.25, 0.3) is 11.1 Å². The molecule has 2 rings (SSSR count). The quantitative estimate of drug-likeness (QED) is 0.834. The zero-order valence-electron chi connectivity index (χ0n) is 11.0. The third kappa shape index (κ3) is 3.05. The number of nitrogens with zero attached hydrogens (tertiary/aromatic N) is 2. The Morgan fingerprint density at radius 1 is 1.40 bits per heavy atom. The van der Waals surface area contributed by atoms with Crippen LogP contribution in [0.1, 0.15) is 13.8 Å². The Balaban J connectivity index is 2.43. The highest BCUT2D eigenvalue weighted by atomic mass is 32.2. The topological polar surface area (TPSA) is 95.9 Å². The van der Waals surface area contributed by atoms with Gasteiger partial charge >= 0.3 is 11.7 Å². The van der Waals surface area contributed by atoms with Gasteiger partial charge in [-0.05, 0) is 19.9 Å². The van der Waals surface area contributed by atoms with E-state index in [0.29, 0.717) is 5.56 Å². The summed E-state index contributed by atoms with van der Waals surface area (Å²) in [7, 11) is 0. The largest absolute Gasteiger partial charge is 0.480 e. The molecule has 2 N–H and O–H groups in total. The Hall–Kier alpha value is -2.15. The van der Waals surface area contributed by atoms with Crippen molar-refractivity contribution in [2.45, 2.75) is 23.5 Å². The molecule has 0 radical (unpaired) electrons. The lowest BCUT2D eigenvalue weighted by Gasteiger charge is -2.20. The molecular formula is C13H13N3O3S. The summed E-state index contributed by atoms with van der Waals surface area (Å²) < 4.78 is -0.967. The maximum atomic E-state index is 11.2. The summed E-state index contributed by atoms with van der Waals surface area (Å²) in [5, 5.41) is 9.20. The van der Waals surface area contributed by atoms with Crippen molar-refractivity contribution in [2.24, 2.45) is 0 Å². The Labute approximate surface area is 119 Å². The van der Waals surface area contributed by atoms with Crippen LogP contribution in [-0.4, -0.2) is 30.8 Å². The molecule has 0 unspecified atom stereocenters. The summed E-state index contributed by atoms with van der Waals surface area (Å²) >= 11 is 1.22. The van der Waals surface area contributed by atoms with Gasteiger partial charge in [-0.1, -0.05) is 0 Å². The minimum atomic E-state index is -0.967. The second kappa shape index (κ2) is 5.46. The van der Waals surface area contributed by atoms with Crippen molar-refractivity contribution in [3.05, 3.63) is 41.3 Å².